The zero-order valence-corrected chi connectivity index (χ0v) is 12.2. The Morgan fingerprint density at radius 3 is 2.82 bits per heavy atom. The summed E-state index contributed by atoms with van der Waals surface area (Å²) in [6.07, 6.45) is 1.85. The number of hydrogen-bond acceptors (Lipinski definition) is 3. The molecule has 6 heteroatoms. The molecule has 2 N–H and O–H groups in total. The summed E-state index contributed by atoms with van der Waals surface area (Å²) < 4.78 is 5.65. The highest BCUT2D eigenvalue weighted by Crippen LogP contribution is 2.57. The van der Waals surface area contributed by atoms with Crippen molar-refractivity contribution >= 4 is 17.7 Å². The Hall–Kier alpha value is -2.08. The summed E-state index contributed by atoms with van der Waals surface area (Å²) in [6, 6.07) is 7.75. The maximum atomic E-state index is 12.4. The van der Waals surface area contributed by atoms with E-state index in [-0.39, 0.29) is 12.6 Å². The lowest BCUT2D eigenvalue weighted by Gasteiger charge is -2.41. The average Bonchev–Trinajstić information content (AvgIpc) is 3.16. The number of ether oxygens (including phenoxy) is 1. The van der Waals surface area contributed by atoms with Gasteiger partial charge >= 0.3 is 12.0 Å². The van der Waals surface area contributed by atoms with Crippen LogP contribution in [0.15, 0.2) is 24.3 Å². The highest BCUT2D eigenvalue weighted by Gasteiger charge is 2.66. The van der Waals surface area contributed by atoms with Crippen LogP contribution in [-0.4, -0.2) is 42.4 Å². The molecule has 22 heavy (non-hydrogen) atoms. The van der Waals surface area contributed by atoms with Gasteiger partial charge in [-0.15, -0.1) is 0 Å². The largest absolute Gasteiger partial charge is 0.481 e. The lowest BCUT2D eigenvalue weighted by Crippen LogP contribution is -2.55. The molecule has 0 atom stereocenters. The second-order valence-corrected chi connectivity index (χ2v) is 6.60. The van der Waals surface area contributed by atoms with Crippen molar-refractivity contribution in [3.63, 3.8) is 0 Å². The van der Waals surface area contributed by atoms with Gasteiger partial charge in [0.1, 0.15) is 0 Å². The number of para-hydroxylation sites is 1. The molecule has 1 aliphatic carbocycles. The van der Waals surface area contributed by atoms with Crippen LogP contribution in [0.2, 0.25) is 0 Å². The van der Waals surface area contributed by atoms with E-state index in [0.29, 0.717) is 25.9 Å². The number of carboxylic acids is 1. The lowest BCUT2D eigenvalue weighted by molar-refractivity contribution is -0.153. The van der Waals surface area contributed by atoms with E-state index in [1.54, 1.807) is 4.90 Å². The van der Waals surface area contributed by atoms with Gasteiger partial charge < -0.3 is 15.2 Å². The van der Waals surface area contributed by atoms with Crippen molar-refractivity contribution in [2.75, 3.05) is 24.6 Å². The molecule has 4 aliphatic rings. The SMILES string of the molecule is O=C(NCC12CC(C(=O)O)(CO1)C2)N1CCc2ccccc21. The zero-order chi connectivity index (χ0) is 15.4. The van der Waals surface area contributed by atoms with Crippen LogP contribution in [-0.2, 0) is 16.0 Å². The number of nitrogens with zero attached hydrogens (tertiary/aromatic N) is 1. The smallest absolute Gasteiger partial charge is 0.321 e. The van der Waals surface area contributed by atoms with Crippen molar-refractivity contribution in [3.8, 4) is 0 Å². The van der Waals surface area contributed by atoms with Gasteiger partial charge in [-0.2, -0.15) is 0 Å². The number of benzene rings is 1. The number of carbonyl (C=O) groups is 2. The van der Waals surface area contributed by atoms with Crippen molar-refractivity contribution in [2.24, 2.45) is 5.41 Å². The Morgan fingerprint density at radius 1 is 1.32 bits per heavy atom. The van der Waals surface area contributed by atoms with Crippen molar-refractivity contribution in [2.45, 2.75) is 24.9 Å². The number of rotatable bonds is 3. The minimum Gasteiger partial charge on any atom is -0.481 e. The Balaban J connectivity index is 1.38. The van der Waals surface area contributed by atoms with Gasteiger partial charge in [-0.3, -0.25) is 9.69 Å². The third-order valence-corrected chi connectivity index (χ3v) is 5.12. The molecule has 116 valence electrons. The molecule has 3 fully saturated rings. The number of nitrogens with one attached hydrogen (secondary N) is 1. The number of anilines is 1. The number of carboxylic acid groups (broad SMARTS) is 1. The molecule has 2 bridgehead atoms. The average molecular weight is 302 g/mol. The summed E-state index contributed by atoms with van der Waals surface area (Å²) >= 11 is 0. The fourth-order valence-electron chi connectivity index (χ4n) is 3.95. The van der Waals surface area contributed by atoms with E-state index in [0.717, 1.165) is 12.1 Å². The molecule has 5 rings (SSSR count). The number of fused-ring (bicyclic) bond motifs is 2. The second-order valence-electron chi connectivity index (χ2n) is 6.60. The zero-order valence-electron chi connectivity index (χ0n) is 12.2. The lowest BCUT2D eigenvalue weighted by atomic mass is 9.62. The summed E-state index contributed by atoms with van der Waals surface area (Å²) in [5.41, 5.74) is 0.943. The van der Waals surface area contributed by atoms with E-state index in [2.05, 4.69) is 5.32 Å². The van der Waals surface area contributed by atoms with E-state index in [9.17, 15) is 14.7 Å². The third kappa shape index (κ3) is 1.83. The van der Waals surface area contributed by atoms with Crippen LogP contribution in [0, 0.1) is 5.41 Å². The summed E-state index contributed by atoms with van der Waals surface area (Å²) in [6.45, 7) is 1.31. The topological polar surface area (TPSA) is 78.9 Å². The molecule has 0 aromatic heterocycles. The van der Waals surface area contributed by atoms with Gasteiger partial charge in [-0.25, -0.2) is 4.79 Å². The van der Waals surface area contributed by atoms with Crippen LogP contribution in [0.4, 0.5) is 10.5 Å². The molecule has 0 spiro atoms. The number of hydrogen-bond donors (Lipinski definition) is 2. The third-order valence-electron chi connectivity index (χ3n) is 5.12. The van der Waals surface area contributed by atoms with Crippen molar-refractivity contribution in [1.82, 2.24) is 5.32 Å². The van der Waals surface area contributed by atoms with Gasteiger partial charge in [0.15, 0.2) is 0 Å². The van der Waals surface area contributed by atoms with Gasteiger partial charge in [0.05, 0.1) is 17.6 Å². The monoisotopic (exact) mass is 302 g/mol. The van der Waals surface area contributed by atoms with Gasteiger partial charge in [0.2, 0.25) is 0 Å². The summed E-state index contributed by atoms with van der Waals surface area (Å²) in [4.78, 5) is 25.3. The Morgan fingerprint density at radius 2 is 2.09 bits per heavy atom. The number of aliphatic carboxylic acids is 1. The summed E-state index contributed by atoms with van der Waals surface area (Å²) in [5.74, 6) is -0.791. The Kier molecular flexibility index (Phi) is 2.75. The maximum absolute atomic E-state index is 12.4. The predicted octanol–water partition coefficient (Wildman–Crippen LogP) is 1.39. The fraction of sp³-hybridized carbons (Fsp3) is 0.500. The van der Waals surface area contributed by atoms with Crippen LogP contribution in [0.1, 0.15) is 18.4 Å². The quantitative estimate of drug-likeness (QED) is 0.884. The molecule has 1 saturated carbocycles. The second kappa shape index (κ2) is 4.46. The first kappa shape index (κ1) is 13.6. The van der Waals surface area contributed by atoms with E-state index in [4.69, 9.17) is 4.74 Å². The highest BCUT2D eigenvalue weighted by atomic mass is 16.5. The summed E-state index contributed by atoms with van der Waals surface area (Å²) in [7, 11) is 0. The maximum Gasteiger partial charge on any atom is 0.321 e. The number of amides is 2. The molecule has 0 unspecified atom stereocenters. The Labute approximate surface area is 128 Å². The van der Waals surface area contributed by atoms with E-state index < -0.39 is 17.0 Å². The van der Waals surface area contributed by atoms with Gasteiger partial charge in [0.25, 0.3) is 0 Å². The first-order chi connectivity index (χ1) is 10.5. The van der Waals surface area contributed by atoms with E-state index in [1.807, 2.05) is 24.3 Å². The van der Waals surface area contributed by atoms with Crippen LogP contribution in [0.25, 0.3) is 0 Å². The van der Waals surface area contributed by atoms with Crippen molar-refractivity contribution in [3.05, 3.63) is 29.8 Å². The van der Waals surface area contributed by atoms with Crippen LogP contribution in [0.3, 0.4) is 0 Å². The molecule has 0 radical (unpaired) electrons. The normalized spacial score (nSPS) is 31.5. The first-order valence-electron chi connectivity index (χ1n) is 7.54. The Bertz CT molecular complexity index is 651. The number of urea groups is 1. The minimum atomic E-state index is -0.791. The molecule has 2 amide bonds. The number of carbonyl (C=O) groups excluding carboxylic acids is 1. The molecule has 6 nitrogen and oxygen atoms in total. The molecular weight excluding hydrogens is 284 g/mol. The molecule has 1 aromatic rings. The highest BCUT2D eigenvalue weighted by molar-refractivity contribution is 5.94. The standard InChI is InChI=1S/C16H18N2O4/c19-13(20)15-7-16(8-15,22-10-15)9-17-14(21)18-6-5-11-3-1-2-4-12(11)18/h1-4H,5-10H2,(H,17,21)(H,19,20). The fourth-order valence-corrected chi connectivity index (χ4v) is 3.95. The van der Waals surface area contributed by atoms with Gasteiger partial charge in [-0.1, -0.05) is 18.2 Å². The predicted molar refractivity (Wildman–Crippen MR) is 78.9 cm³/mol. The van der Waals surface area contributed by atoms with Crippen LogP contribution in [0.5, 0.6) is 0 Å². The molecule has 3 aliphatic heterocycles. The van der Waals surface area contributed by atoms with Crippen molar-refractivity contribution < 1.29 is 19.4 Å². The minimum absolute atomic E-state index is 0.136. The first-order valence-corrected chi connectivity index (χ1v) is 7.54. The van der Waals surface area contributed by atoms with Crippen LogP contribution >= 0.6 is 0 Å². The van der Waals surface area contributed by atoms with Crippen molar-refractivity contribution in [1.29, 1.82) is 0 Å². The summed E-state index contributed by atoms with van der Waals surface area (Å²) in [5, 5.41) is 12.1. The molecule has 3 heterocycles. The van der Waals surface area contributed by atoms with Gasteiger partial charge in [0, 0.05) is 18.8 Å². The van der Waals surface area contributed by atoms with Gasteiger partial charge in [-0.05, 0) is 30.9 Å². The van der Waals surface area contributed by atoms with Crippen LogP contribution < -0.4 is 10.2 Å². The molecule has 1 aromatic carbocycles. The van der Waals surface area contributed by atoms with E-state index >= 15 is 0 Å². The molecule has 2 saturated heterocycles. The van der Waals surface area contributed by atoms with E-state index in [1.165, 1.54) is 5.56 Å². The molecular formula is C16H18N2O4.